The third-order valence-electron chi connectivity index (χ3n) is 2.04. The van der Waals surface area contributed by atoms with Crippen LogP contribution < -0.4 is 0 Å². The highest BCUT2D eigenvalue weighted by Gasteiger charge is 2.13. The van der Waals surface area contributed by atoms with Crippen molar-refractivity contribution in [2.24, 2.45) is 0 Å². The van der Waals surface area contributed by atoms with Crippen molar-refractivity contribution in [3.8, 4) is 5.69 Å². The van der Waals surface area contributed by atoms with Crippen LogP contribution in [-0.4, -0.2) is 26.1 Å². The van der Waals surface area contributed by atoms with E-state index in [1.165, 1.54) is 12.3 Å². The summed E-state index contributed by atoms with van der Waals surface area (Å²) in [5.74, 6) is -2.68. The van der Waals surface area contributed by atoms with Crippen LogP contribution in [0.3, 0.4) is 0 Å². The first kappa shape index (κ1) is 11.2. The minimum Gasteiger partial charge on any atom is -0.481 e. The molecule has 2 aromatic rings. The van der Waals surface area contributed by atoms with Crippen molar-refractivity contribution in [2.75, 3.05) is 0 Å². The molecule has 0 unspecified atom stereocenters. The fraction of sp³-hybridized carbons (Fsp3) is 0.100. The van der Waals surface area contributed by atoms with Crippen molar-refractivity contribution < 1.29 is 18.7 Å². The SMILES string of the molecule is O=C(O)Cc1cn(-c2c(F)cccc2F)nn1. The van der Waals surface area contributed by atoms with Crippen LogP contribution in [0.1, 0.15) is 5.69 Å². The summed E-state index contributed by atoms with van der Waals surface area (Å²) in [5.41, 5.74) is -0.253. The van der Waals surface area contributed by atoms with Gasteiger partial charge in [0.05, 0.1) is 18.3 Å². The van der Waals surface area contributed by atoms with Gasteiger partial charge in [-0.15, -0.1) is 5.10 Å². The third-order valence-corrected chi connectivity index (χ3v) is 2.04. The summed E-state index contributed by atoms with van der Waals surface area (Å²) in [6.45, 7) is 0. The Bertz CT molecular complexity index is 548. The lowest BCUT2D eigenvalue weighted by atomic mass is 10.3. The lowest BCUT2D eigenvalue weighted by Gasteiger charge is -2.02. The van der Waals surface area contributed by atoms with Gasteiger partial charge in [-0.2, -0.15) is 0 Å². The highest BCUT2D eigenvalue weighted by atomic mass is 19.1. The first-order chi connectivity index (χ1) is 8.08. The minimum absolute atomic E-state index is 0.125. The lowest BCUT2D eigenvalue weighted by molar-refractivity contribution is -0.136. The van der Waals surface area contributed by atoms with Crippen LogP contribution in [0, 0.1) is 11.6 Å². The Labute approximate surface area is 94.3 Å². The Hall–Kier alpha value is -2.31. The van der Waals surface area contributed by atoms with Crippen molar-refractivity contribution in [3.05, 3.63) is 41.7 Å². The van der Waals surface area contributed by atoms with Gasteiger partial charge >= 0.3 is 5.97 Å². The molecule has 0 bridgehead atoms. The number of aliphatic carboxylic acids is 1. The van der Waals surface area contributed by atoms with E-state index < -0.39 is 17.6 Å². The first-order valence-corrected chi connectivity index (χ1v) is 4.65. The molecule has 0 aliphatic rings. The van der Waals surface area contributed by atoms with Gasteiger partial charge in [0, 0.05) is 0 Å². The molecule has 0 saturated heterocycles. The molecular weight excluding hydrogens is 232 g/mol. The Morgan fingerprint density at radius 2 is 2.00 bits per heavy atom. The van der Waals surface area contributed by atoms with Gasteiger partial charge in [0.2, 0.25) is 0 Å². The quantitative estimate of drug-likeness (QED) is 0.873. The average Bonchev–Trinajstić information content (AvgIpc) is 2.65. The number of para-hydroxylation sites is 1. The van der Waals surface area contributed by atoms with E-state index in [0.29, 0.717) is 0 Å². The maximum absolute atomic E-state index is 13.4. The fourth-order valence-electron chi connectivity index (χ4n) is 1.35. The van der Waals surface area contributed by atoms with Crippen molar-refractivity contribution >= 4 is 5.97 Å². The molecule has 0 aliphatic heterocycles. The van der Waals surface area contributed by atoms with Crippen molar-refractivity contribution in [1.82, 2.24) is 15.0 Å². The summed E-state index contributed by atoms with van der Waals surface area (Å²) in [5, 5.41) is 15.5. The number of hydrogen-bond acceptors (Lipinski definition) is 3. The van der Waals surface area contributed by atoms with E-state index in [4.69, 9.17) is 5.11 Å². The van der Waals surface area contributed by atoms with Crippen LogP contribution >= 0.6 is 0 Å². The number of carbonyl (C=O) groups is 1. The first-order valence-electron chi connectivity index (χ1n) is 4.65. The molecule has 5 nitrogen and oxygen atoms in total. The van der Waals surface area contributed by atoms with E-state index in [2.05, 4.69) is 10.3 Å². The van der Waals surface area contributed by atoms with Crippen LogP contribution in [0.15, 0.2) is 24.4 Å². The average molecular weight is 239 g/mol. The Morgan fingerprint density at radius 3 is 2.59 bits per heavy atom. The molecule has 1 aromatic carbocycles. The summed E-state index contributed by atoms with van der Waals surface area (Å²) < 4.78 is 27.6. The third kappa shape index (κ3) is 2.27. The molecule has 2 rings (SSSR count). The zero-order valence-corrected chi connectivity index (χ0v) is 8.47. The van der Waals surface area contributed by atoms with Gasteiger partial charge < -0.3 is 5.11 Å². The number of rotatable bonds is 3. The predicted molar refractivity (Wildman–Crippen MR) is 52.6 cm³/mol. The monoisotopic (exact) mass is 239 g/mol. The van der Waals surface area contributed by atoms with Crippen LogP contribution in [-0.2, 0) is 11.2 Å². The molecule has 0 saturated carbocycles. The number of nitrogens with zero attached hydrogens (tertiary/aromatic N) is 3. The number of hydrogen-bond donors (Lipinski definition) is 1. The number of carboxylic acid groups (broad SMARTS) is 1. The molecule has 1 aromatic heterocycles. The molecule has 88 valence electrons. The van der Waals surface area contributed by atoms with Gasteiger partial charge in [-0.25, -0.2) is 13.5 Å². The van der Waals surface area contributed by atoms with E-state index in [1.54, 1.807) is 0 Å². The molecule has 1 N–H and O–H groups in total. The van der Waals surface area contributed by atoms with Crippen molar-refractivity contribution in [1.29, 1.82) is 0 Å². The summed E-state index contributed by atoms with van der Waals surface area (Å²) in [4.78, 5) is 10.4. The molecule has 0 fully saturated rings. The molecular formula is C10H7F2N3O2. The Morgan fingerprint density at radius 1 is 1.35 bits per heavy atom. The van der Waals surface area contributed by atoms with Crippen molar-refractivity contribution in [3.63, 3.8) is 0 Å². The molecule has 17 heavy (non-hydrogen) atoms. The van der Waals surface area contributed by atoms with Gasteiger partial charge in [-0.3, -0.25) is 4.79 Å². The van der Waals surface area contributed by atoms with Crippen LogP contribution in [0.5, 0.6) is 0 Å². The van der Waals surface area contributed by atoms with E-state index >= 15 is 0 Å². The molecule has 0 spiro atoms. The molecule has 7 heteroatoms. The van der Waals surface area contributed by atoms with E-state index in [1.807, 2.05) is 0 Å². The highest BCUT2D eigenvalue weighted by molar-refractivity contribution is 5.69. The minimum atomic E-state index is -1.09. The lowest BCUT2D eigenvalue weighted by Crippen LogP contribution is -2.02. The summed E-state index contributed by atoms with van der Waals surface area (Å²) >= 11 is 0. The second kappa shape index (κ2) is 4.28. The standard InChI is InChI=1S/C10H7F2N3O2/c11-7-2-1-3-8(12)10(7)15-5-6(13-14-15)4-9(16)17/h1-3,5H,4H2,(H,16,17). The zero-order chi connectivity index (χ0) is 12.4. The molecule has 0 aliphatic carbocycles. The van der Waals surface area contributed by atoms with E-state index in [0.717, 1.165) is 16.8 Å². The highest BCUT2D eigenvalue weighted by Crippen LogP contribution is 2.16. The molecule has 0 radical (unpaired) electrons. The second-order valence-electron chi connectivity index (χ2n) is 3.30. The predicted octanol–water partition coefficient (Wildman–Crippen LogP) is 1.17. The van der Waals surface area contributed by atoms with E-state index in [-0.39, 0.29) is 17.8 Å². The zero-order valence-electron chi connectivity index (χ0n) is 8.47. The summed E-state index contributed by atoms with van der Waals surface area (Å²) in [7, 11) is 0. The van der Waals surface area contributed by atoms with Crippen LogP contribution in [0.4, 0.5) is 8.78 Å². The Kier molecular flexibility index (Phi) is 2.82. The van der Waals surface area contributed by atoms with Gasteiger partial charge in [-0.1, -0.05) is 11.3 Å². The topological polar surface area (TPSA) is 68.0 Å². The van der Waals surface area contributed by atoms with Gasteiger partial charge in [0.25, 0.3) is 0 Å². The number of halogens is 2. The second-order valence-corrected chi connectivity index (χ2v) is 3.30. The van der Waals surface area contributed by atoms with Crippen LogP contribution in [0.25, 0.3) is 5.69 Å². The van der Waals surface area contributed by atoms with Crippen LogP contribution in [0.2, 0.25) is 0 Å². The normalized spacial score (nSPS) is 10.5. The number of carboxylic acids is 1. The van der Waals surface area contributed by atoms with Gasteiger partial charge in [0.15, 0.2) is 11.6 Å². The maximum atomic E-state index is 13.4. The summed E-state index contributed by atoms with van der Waals surface area (Å²) in [6.07, 6.45) is 0.825. The maximum Gasteiger partial charge on any atom is 0.309 e. The number of aromatic nitrogens is 3. The summed E-state index contributed by atoms with van der Waals surface area (Å²) in [6, 6.07) is 3.39. The van der Waals surface area contributed by atoms with E-state index in [9.17, 15) is 13.6 Å². The molecule has 0 amide bonds. The Balaban J connectivity index is 2.40. The van der Waals surface area contributed by atoms with Crippen molar-refractivity contribution in [2.45, 2.75) is 6.42 Å². The number of benzene rings is 1. The van der Waals surface area contributed by atoms with Gasteiger partial charge in [0.1, 0.15) is 5.69 Å². The largest absolute Gasteiger partial charge is 0.481 e. The smallest absolute Gasteiger partial charge is 0.309 e. The molecule has 1 heterocycles. The molecule has 0 atom stereocenters. The van der Waals surface area contributed by atoms with Gasteiger partial charge in [-0.05, 0) is 12.1 Å². The fourth-order valence-corrected chi connectivity index (χ4v) is 1.35.